The number of aromatic nitrogens is 2. The first-order valence-corrected chi connectivity index (χ1v) is 7.11. The molecule has 0 bridgehead atoms. The van der Waals surface area contributed by atoms with Gasteiger partial charge in [-0.15, -0.1) is 0 Å². The first kappa shape index (κ1) is 12.8. The van der Waals surface area contributed by atoms with Crippen LogP contribution in [0.5, 0.6) is 0 Å². The second kappa shape index (κ2) is 5.45. The first-order valence-electron chi connectivity index (χ1n) is 6.32. The molecule has 1 aliphatic heterocycles. The minimum absolute atomic E-state index is 0.256. The number of hydrogen-bond acceptors (Lipinski definition) is 3. The van der Waals surface area contributed by atoms with Crippen LogP contribution in [0.4, 0.5) is 0 Å². The number of nitrogens with one attached hydrogen (secondary N) is 1. The fourth-order valence-electron chi connectivity index (χ4n) is 2.47. The molecule has 0 radical (unpaired) electrons. The molecule has 3 rings (SSSR count). The molecule has 0 amide bonds. The minimum atomic E-state index is 0.256. The largest absolute Gasteiger partial charge is 0.380 e. The lowest BCUT2D eigenvalue weighted by molar-refractivity contribution is 0.115. The average molecular weight is 322 g/mol. The summed E-state index contributed by atoms with van der Waals surface area (Å²) in [4.78, 5) is 4.29. The van der Waals surface area contributed by atoms with Crippen molar-refractivity contribution >= 4 is 15.9 Å². The molecule has 2 atom stereocenters. The average Bonchev–Trinajstić information content (AvgIpc) is 3.07. The summed E-state index contributed by atoms with van der Waals surface area (Å²) in [6, 6.07) is 8.29. The topological polar surface area (TPSA) is 39.1 Å². The highest BCUT2D eigenvalue weighted by Crippen LogP contribution is 2.27. The van der Waals surface area contributed by atoms with E-state index in [0.29, 0.717) is 0 Å². The van der Waals surface area contributed by atoms with Gasteiger partial charge in [-0.2, -0.15) is 0 Å². The Kier molecular flexibility index (Phi) is 3.68. The van der Waals surface area contributed by atoms with Crippen molar-refractivity contribution in [3.63, 3.8) is 0 Å². The molecule has 0 aliphatic carbocycles. The molecule has 1 N–H and O–H groups in total. The molecule has 1 saturated heterocycles. The van der Waals surface area contributed by atoms with Crippen LogP contribution in [0.1, 0.15) is 12.6 Å². The number of methoxy groups -OCH3 is 1. The van der Waals surface area contributed by atoms with Crippen molar-refractivity contribution in [3.05, 3.63) is 41.3 Å². The maximum absolute atomic E-state index is 5.40. The van der Waals surface area contributed by atoms with Gasteiger partial charge in [-0.25, -0.2) is 4.98 Å². The molecule has 0 saturated carbocycles. The Balaban J connectivity index is 1.88. The van der Waals surface area contributed by atoms with Gasteiger partial charge < -0.3 is 9.30 Å². The van der Waals surface area contributed by atoms with Crippen LogP contribution in [-0.2, 0) is 4.74 Å². The van der Waals surface area contributed by atoms with Crippen LogP contribution < -0.4 is 5.32 Å². The van der Waals surface area contributed by atoms with Crippen molar-refractivity contribution in [2.75, 3.05) is 13.7 Å². The predicted octanol–water partition coefficient (Wildman–Crippen LogP) is 2.82. The van der Waals surface area contributed by atoms with Crippen LogP contribution in [0.3, 0.4) is 0 Å². The van der Waals surface area contributed by atoms with Crippen LogP contribution in [0.25, 0.3) is 11.3 Å². The summed E-state index contributed by atoms with van der Waals surface area (Å²) in [5.74, 6) is 0. The van der Waals surface area contributed by atoms with Gasteiger partial charge in [0.25, 0.3) is 0 Å². The molecular weight excluding hydrogens is 306 g/mol. The van der Waals surface area contributed by atoms with E-state index in [1.54, 1.807) is 7.11 Å². The quantitative estimate of drug-likeness (QED) is 0.944. The van der Waals surface area contributed by atoms with Crippen molar-refractivity contribution in [3.8, 4) is 11.3 Å². The first-order chi connectivity index (χ1) is 9.28. The number of rotatable bonds is 3. The zero-order valence-electron chi connectivity index (χ0n) is 10.7. The maximum atomic E-state index is 5.40. The Labute approximate surface area is 120 Å². The molecule has 5 heteroatoms. The van der Waals surface area contributed by atoms with Gasteiger partial charge in [-0.05, 0) is 17.7 Å². The number of benzene rings is 1. The molecule has 1 aliphatic rings. The number of hydrogen-bond donors (Lipinski definition) is 1. The maximum Gasteiger partial charge on any atom is 0.0964 e. The van der Waals surface area contributed by atoms with E-state index in [9.17, 15) is 0 Å². The molecule has 1 fully saturated rings. The van der Waals surface area contributed by atoms with Crippen molar-refractivity contribution < 1.29 is 4.74 Å². The molecule has 2 heterocycles. The molecule has 100 valence electrons. The lowest BCUT2D eigenvalue weighted by Gasteiger charge is -2.16. The summed E-state index contributed by atoms with van der Waals surface area (Å²) in [6.45, 7) is 0.888. The van der Waals surface area contributed by atoms with Gasteiger partial charge in [-0.3, -0.25) is 5.32 Å². The highest BCUT2D eigenvalue weighted by Gasteiger charge is 2.26. The number of nitrogens with zero attached hydrogens (tertiary/aromatic N) is 2. The van der Waals surface area contributed by atoms with E-state index in [1.807, 2.05) is 24.7 Å². The molecule has 0 unspecified atom stereocenters. The molecular formula is C14H16BrN3O. The number of ether oxygens (including phenoxy) is 1. The summed E-state index contributed by atoms with van der Waals surface area (Å²) < 4.78 is 8.67. The molecule has 19 heavy (non-hydrogen) atoms. The Morgan fingerprint density at radius 2 is 2.16 bits per heavy atom. The Hall–Kier alpha value is -1.17. The van der Waals surface area contributed by atoms with Crippen molar-refractivity contribution in [1.82, 2.24) is 14.9 Å². The lowest BCUT2D eigenvalue weighted by atomic mass is 10.1. The molecule has 2 aromatic rings. The molecule has 1 aromatic carbocycles. The van der Waals surface area contributed by atoms with Crippen molar-refractivity contribution in [2.45, 2.75) is 18.7 Å². The zero-order valence-corrected chi connectivity index (χ0v) is 12.3. The molecule has 0 spiro atoms. The monoisotopic (exact) mass is 321 g/mol. The highest BCUT2D eigenvalue weighted by molar-refractivity contribution is 9.10. The van der Waals surface area contributed by atoms with Crippen LogP contribution in [0.15, 0.2) is 41.3 Å². The fourth-order valence-corrected chi connectivity index (χ4v) is 2.74. The summed E-state index contributed by atoms with van der Waals surface area (Å²) >= 11 is 3.46. The van der Waals surface area contributed by atoms with Gasteiger partial charge in [0.2, 0.25) is 0 Å². The van der Waals surface area contributed by atoms with Crippen LogP contribution in [0, 0.1) is 0 Å². The third-order valence-corrected chi connectivity index (χ3v) is 4.07. The van der Waals surface area contributed by atoms with E-state index in [-0.39, 0.29) is 12.3 Å². The molecule has 1 aromatic heterocycles. The van der Waals surface area contributed by atoms with E-state index in [2.05, 4.69) is 42.9 Å². The van der Waals surface area contributed by atoms with Gasteiger partial charge in [0, 0.05) is 24.5 Å². The Morgan fingerprint density at radius 1 is 1.37 bits per heavy atom. The zero-order chi connectivity index (χ0) is 13.2. The summed E-state index contributed by atoms with van der Waals surface area (Å²) in [6.07, 6.45) is 5.30. The number of halogens is 1. The van der Waals surface area contributed by atoms with Gasteiger partial charge in [-0.1, -0.05) is 28.1 Å². The third-order valence-electron chi connectivity index (χ3n) is 3.54. The summed E-state index contributed by atoms with van der Waals surface area (Å²) in [5.41, 5.74) is 2.30. The van der Waals surface area contributed by atoms with Gasteiger partial charge in [0.05, 0.1) is 30.5 Å². The van der Waals surface area contributed by atoms with Crippen LogP contribution in [-0.4, -0.2) is 29.3 Å². The van der Waals surface area contributed by atoms with Crippen molar-refractivity contribution in [2.24, 2.45) is 0 Å². The van der Waals surface area contributed by atoms with E-state index >= 15 is 0 Å². The standard InChI is InChI=1S/C14H16BrN3O/c1-19-12-6-14(17-7-12)18-9-16-8-13(18)10-2-4-11(15)5-3-10/h2-5,8-9,12,14,17H,6-7H2,1H3/t12-,14-/m0/s1. The highest BCUT2D eigenvalue weighted by atomic mass is 79.9. The summed E-state index contributed by atoms with van der Waals surface area (Å²) in [5, 5.41) is 3.47. The Bertz CT molecular complexity index is 552. The van der Waals surface area contributed by atoms with E-state index in [0.717, 1.165) is 23.1 Å². The third kappa shape index (κ3) is 2.59. The number of imidazole rings is 1. The van der Waals surface area contributed by atoms with E-state index < -0.39 is 0 Å². The molecule has 4 nitrogen and oxygen atoms in total. The van der Waals surface area contributed by atoms with E-state index in [1.165, 1.54) is 5.56 Å². The Morgan fingerprint density at radius 3 is 2.84 bits per heavy atom. The van der Waals surface area contributed by atoms with Gasteiger partial charge >= 0.3 is 0 Å². The lowest BCUT2D eigenvalue weighted by Crippen LogP contribution is -2.20. The second-order valence-corrected chi connectivity index (χ2v) is 5.63. The smallest absolute Gasteiger partial charge is 0.0964 e. The predicted molar refractivity (Wildman–Crippen MR) is 77.8 cm³/mol. The van der Waals surface area contributed by atoms with Crippen LogP contribution in [0.2, 0.25) is 0 Å². The van der Waals surface area contributed by atoms with Crippen molar-refractivity contribution in [1.29, 1.82) is 0 Å². The van der Waals surface area contributed by atoms with Gasteiger partial charge in [0.15, 0.2) is 0 Å². The fraction of sp³-hybridized carbons (Fsp3) is 0.357. The van der Waals surface area contributed by atoms with E-state index in [4.69, 9.17) is 4.74 Å². The summed E-state index contributed by atoms with van der Waals surface area (Å²) in [7, 11) is 1.76. The van der Waals surface area contributed by atoms with Crippen LogP contribution >= 0.6 is 15.9 Å². The van der Waals surface area contributed by atoms with Gasteiger partial charge in [0.1, 0.15) is 0 Å². The minimum Gasteiger partial charge on any atom is -0.380 e. The normalized spacial score (nSPS) is 22.8. The SMILES string of the molecule is CO[C@@H]1CN[C@@H](n2cncc2-c2ccc(Br)cc2)C1. The second-order valence-electron chi connectivity index (χ2n) is 4.71.